The fraction of sp³-hybridized carbons (Fsp3) is 0.537. The van der Waals surface area contributed by atoms with Crippen molar-refractivity contribution < 1.29 is 52.6 Å². The average Bonchev–Trinajstić information content (AvgIpc) is 3.99. The Bertz CT molecular complexity index is 1970. The monoisotopic (exact) mass is 812 g/mol. The maximum atomic E-state index is 13.7. The van der Waals surface area contributed by atoms with Gasteiger partial charge in [0.1, 0.15) is 35.5 Å². The van der Waals surface area contributed by atoms with E-state index in [1.807, 2.05) is 19.1 Å². The van der Waals surface area contributed by atoms with Gasteiger partial charge in [0.25, 0.3) is 0 Å². The van der Waals surface area contributed by atoms with Gasteiger partial charge >= 0.3 is 6.09 Å². The highest BCUT2D eigenvalue weighted by Gasteiger charge is 2.48. The Labute approximate surface area is 332 Å². The summed E-state index contributed by atoms with van der Waals surface area (Å²) in [5.41, 5.74) is 4.33. The van der Waals surface area contributed by atoms with Gasteiger partial charge in [-0.2, -0.15) is 4.31 Å². The van der Waals surface area contributed by atoms with E-state index in [0.29, 0.717) is 50.7 Å². The highest BCUT2D eigenvalue weighted by Crippen LogP contribution is 2.47. The van der Waals surface area contributed by atoms with E-state index in [0.717, 1.165) is 48.4 Å². The molecule has 7 rings (SSSR count). The Kier molecular flexibility index (Phi) is 12.5. The van der Waals surface area contributed by atoms with Crippen LogP contribution in [0.3, 0.4) is 0 Å². The summed E-state index contributed by atoms with van der Waals surface area (Å²) in [6.07, 6.45) is -3.30. The van der Waals surface area contributed by atoms with Crippen LogP contribution in [-0.2, 0) is 21.3 Å². The number of hydrogen-bond donors (Lipinski definition) is 6. The third-order valence-corrected chi connectivity index (χ3v) is 13.5. The second-order valence-electron chi connectivity index (χ2n) is 15.8. The summed E-state index contributed by atoms with van der Waals surface area (Å²) in [6, 6.07) is 17.2. The van der Waals surface area contributed by atoms with E-state index < -0.39 is 52.7 Å². The van der Waals surface area contributed by atoms with Crippen molar-refractivity contribution in [2.24, 2.45) is 5.92 Å². The van der Waals surface area contributed by atoms with Crippen molar-refractivity contribution in [2.75, 3.05) is 63.9 Å². The first-order valence-corrected chi connectivity index (χ1v) is 21.2. The number of piperidine rings is 1. The molecule has 3 heterocycles. The minimum absolute atomic E-state index is 0.0429. The molecule has 0 radical (unpaired) electrons. The van der Waals surface area contributed by atoms with E-state index in [-0.39, 0.29) is 36.3 Å². The van der Waals surface area contributed by atoms with E-state index in [9.17, 15) is 38.0 Å². The lowest BCUT2D eigenvalue weighted by Crippen LogP contribution is -2.54. The Hall–Kier alpha value is -3.71. The van der Waals surface area contributed by atoms with Gasteiger partial charge in [-0.05, 0) is 96.8 Å². The zero-order valence-electron chi connectivity index (χ0n) is 32.0. The number of carbonyl (C=O) groups excluding carboxylic acids is 1. The van der Waals surface area contributed by atoms with Crippen molar-refractivity contribution in [2.45, 2.75) is 80.0 Å². The van der Waals surface area contributed by atoms with Crippen molar-refractivity contribution in [3.63, 3.8) is 0 Å². The fourth-order valence-corrected chi connectivity index (χ4v) is 9.62. The molecule has 3 saturated heterocycles. The first-order valence-electron chi connectivity index (χ1n) is 19.7. The number of ether oxygens (including phenoxy) is 2. The van der Waals surface area contributed by atoms with Crippen LogP contribution in [0.5, 0.6) is 5.75 Å². The number of amides is 1. The third-order valence-electron chi connectivity index (χ3n) is 11.7. The molecule has 4 fully saturated rings. The van der Waals surface area contributed by atoms with E-state index in [4.69, 9.17) is 14.6 Å². The van der Waals surface area contributed by atoms with Crippen LogP contribution in [0.4, 0.5) is 14.9 Å². The van der Waals surface area contributed by atoms with Crippen LogP contribution in [0.2, 0.25) is 0 Å². The van der Waals surface area contributed by atoms with Gasteiger partial charge in [0.15, 0.2) is 0 Å². The standard InChI is InChI=1S/C41H53FN4O10S/c1-2-55-37-18-34(28-5-7-30(42)8-6-28)33(27-3-4-27)17-29(37)23-44-15-13-41(14-16-44)25-46(40(52)56-41)31-9-11-32(12-10-31)57(53,54)45-21-26(22-45)19-43-20-35(48)38(50)39(51)36(49)24-47/h5-12,17-18,26-27,35-36,38-39,43,47-51H,2-4,13-16,19-25H2,1H3. The number of carbonyl (C=O) groups is 1. The maximum Gasteiger partial charge on any atom is 0.415 e. The number of hydrogen-bond acceptors (Lipinski definition) is 12. The summed E-state index contributed by atoms with van der Waals surface area (Å²) in [6.45, 7) is 4.94. The van der Waals surface area contributed by atoms with Gasteiger partial charge in [-0.3, -0.25) is 9.80 Å². The van der Waals surface area contributed by atoms with Crippen LogP contribution < -0.4 is 15.0 Å². The summed E-state index contributed by atoms with van der Waals surface area (Å²) in [4.78, 5) is 17.2. The van der Waals surface area contributed by atoms with Gasteiger partial charge < -0.3 is 40.3 Å². The number of nitrogens with one attached hydrogen (secondary N) is 1. The smallest absolute Gasteiger partial charge is 0.415 e. The number of aliphatic hydroxyl groups excluding tert-OH is 5. The number of sulfonamides is 1. The van der Waals surface area contributed by atoms with Gasteiger partial charge in [0.05, 0.1) is 30.8 Å². The lowest BCUT2D eigenvalue weighted by Gasteiger charge is -2.38. The second kappa shape index (κ2) is 17.3. The average molecular weight is 813 g/mol. The molecule has 6 N–H and O–H groups in total. The lowest BCUT2D eigenvalue weighted by atomic mass is 9.90. The molecule has 0 bridgehead atoms. The highest BCUT2D eigenvalue weighted by molar-refractivity contribution is 7.89. The molecular formula is C41H53FN4O10S. The molecule has 310 valence electrons. The fourth-order valence-electron chi connectivity index (χ4n) is 8.02. The number of benzene rings is 3. The predicted octanol–water partition coefficient (Wildman–Crippen LogP) is 2.41. The third kappa shape index (κ3) is 9.14. The van der Waals surface area contributed by atoms with Crippen LogP contribution in [0.15, 0.2) is 65.6 Å². The van der Waals surface area contributed by atoms with Gasteiger partial charge in [-0.25, -0.2) is 17.6 Å². The van der Waals surface area contributed by atoms with Crippen LogP contribution in [0.25, 0.3) is 11.1 Å². The molecule has 1 aliphatic carbocycles. The first kappa shape index (κ1) is 41.4. The number of nitrogens with zero attached hydrogens (tertiary/aromatic N) is 3. The van der Waals surface area contributed by atoms with Crippen LogP contribution in [0, 0.1) is 11.7 Å². The maximum absolute atomic E-state index is 13.7. The molecule has 4 aliphatic rings. The molecule has 1 amide bonds. The Morgan fingerprint density at radius 3 is 2.26 bits per heavy atom. The molecular weight excluding hydrogens is 760 g/mol. The Morgan fingerprint density at radius 1 is 0.965 bits per heavy atom. The van der Waals surface area contributed by atoms with Crippen LogP contribution in [-0.4, -0.2) is 138 Å². The molecule has 14 nitrogen and oxygen atoms in total. The van der Waals surface area contributed by atoms with Crippen molar-refractivity contribution >= 4 is 21.8 Å². The molecule has 16 heteroatoms. The van der Waals surface area contributed by atoms with E-state index in [1.165, 1.54) is 34.1 Å². The van der Waals surface area contributed by atoms with Crippen molar-refractivity contribution in [3.05, 3.63) is 77.6 Å². The zero-order chi connectivity index (χ0) is 40.5. The molecule has 3 aromatic rings. The SMILES string of the molecule is CCOc1cc(-c2ccc(F)cc2)c(C2CC2)cc1CN1CCC2(CC1)CN(c1ccc(S(=O)(=O)N3CC(CNCC(O)C(O)C(O)C(O)CO)C3)cc1)C(=O)O2. The number of anilines is 1. The quantitative estimate of drug-likeness (QED) is 0.117. The summed E-state index contributed by atoms with van der Waals surface area (Å²) in [5, 5.41) is 51.2. The molecule has 57 heavy (non-hydrogen) atoms. The van der Waals surface area contributed by atoms with Gasteiger partial charge in [0, 0.05) is 69.9 Å². The molecule has 4 atom stereocenters. The lowest BCUT2D eigenvalue weighted by molar-refractivity contribution is -0.114. The normalized spacial score (nSPS) is 21.2. The Balaban J connectivity index is 0.912. The number of likely N-dealkylation sites (tertiary alicyclic amines) is 1. The van der Waals surface area contributed by atoms with Crippen molar-refractivity contribution in [3.8, 4) is 16.9 Å². The molecule has 1 spiro atoms. The first-order chi connectivity index (χ1) is 27.3. The van der Waals surface area contributed by atoms with Gasteiger partial charge in [-0.15, -0.1) is 0 Å². The summed E-state index contributed by atoms with van der Waals surface area (Å²) in [7, 11) is -3.79. The summed E-state index contributed by atoms with van der Waals surface area (Å²) >= 11 is 0. The van der Waals surface area contributed by atoms with Crippen LogP contribution >= 0.6 is 0 Å². The van der Waals surface area contributed by atoms with Crippen molar-refractivity contribution in [1.82, 2.24) is 14.5 Å². The molecule has 3 aromatic carbocycles. The minimum Gasteiger partial charge on any atom is -0.494 e. The highest BCUT2D eigenvalue weighted by atomic mass is 32.2. The molecule has 1 saturated carbocycles. The van der Waals surface area contributed by atoms with E-state index in [1.54, 1.807) is 17.0 Å². The number of aliphatic hydroxyl groups is 5. The topological polar surface area (TPSA) is 193 Å². The zero-order valence-corrected chi connectivity index (χ0v) is 32.9. The summed E-state index contributed by atoms with van der Waals surface area (Å²) in [5.74, 6) is 0.991. The minimum atomic E-state index is -3.79. The molecule has 0 aromatic heterocycles. The number of rotatable bonds is 17. The number of halogens is 1. The second-order valence-corrected chi connectivity index (χ2v) is 17.8. The molecule has 3 aliphatic heterocycles. The molecule has 4 unspecified atom stereocenters. The van der Waals surface area contributed by atoms with Crippen molar-refractivity contribution in [1.29, 1.82) is 0 Å². The van der Waals surface area contributed by atoms with Crippen LogP contribution in [0.1, 0.15) is 49.7 Å². The van der Waals surface area contributed by atoms with E-state index >= 15 is 0 Å². The summed E-state index contributed by atoms with van der Waals surface area (Å²) < 4.78 is 53.9. The predicted molar refractivity (Wildman–Crippen MR) is 209 cm³/mol. The van der Waals surface area contributed by atoms with Gasteiger partial charge in [-0.1, -0.05) is 12.1 Å². The largest absolute Gasteiger partial charge is 0.494 e. The van der Waals surface area contributed by atoms with E-state index in [2.05, 4.69) is 22.3 Å². The van der Waals surface area contributed by atoms with Gasteiger partial charge in [0.2, 0.25) is 10.0 Å². The Morgan fingerprint density at radius 2 is 1.63 bits per heavy atom.